The van der Waals surface area contributed by atoms with Gasteiger partial charge in [-0.25, -0.2) is 9.97 Å². The normalized spacial score (nSPS) is 13.0. The Hall–Kier alpha value is -3.64. The lowest BCUT2D eigenvalue weighted by Crippen LogP contribution is -2.01. The first kappa shape index (κ1) is 15.9. The topological polar surface area (TPSA) is 90.3 Å². The van der Waals surface area contributed by atoms with Gasteiger partial charge < -0.3 is 5.32 Å². The zero-order valence-electron chi connectivity index (χ0n) is 14.0. The maximum Gasteiger partial charge on any atom is 0.161 e. The van der Waals surface area contributed by atoms with Crippen molar-refractivity contribution in [3.05, 3.63) is 53.3 Å². The Kier molecular flexibility index (Phi) is 4.09. The molecule has 2 N–H and O–H groups in total. The van der Waals surface area contributed by atoms with E-state index >= 15 is 0 Å². The largest absolute Gasteiger partial charge is 0.322 e. The van der Waals surface area contributed by atoms with E-state index in [-0.39, 0.29) is 1.43 Å². The maximum atomic E-state index is 8.77. The Morgan fingerprint density at radius 1 is 1.31 bits per heavy atom. The van der Waals surface area contributed by atoms with Gasteiger partial charge >= 0.3 is 0 Å². The molecule has 3 aromatic rings. The fraction of sp³-hybridized carbons (Fsp3) is 0.200. The molecular weight excluding hydrogens is 324 g/mol. The molecule has 1 aliphatic carbocycles. The first-order valence-corrected chi connectivity index (χ1v) is 8.39. The van der Waals surface area contributed by atoms with Gasteiger partial charge in [-0.2, -0.15) is 10.4 Å². The van der Waals surface area contributed by atoms with Crippen LogP contribution in [0.1, 0.15) is 37.0 Å². The minimum Gasteiger partial charge on any atom is -0.322 e. The number of aromatic nitrogens is 4. The Balaban J connectivity index is 0.00000210. The van der Waals surface area contributed by atoms with E-state index in [4.69, 9.17) is 11.7 Å². The Bertz CT molecular complexity index is 1020. The van der Waals surface area contributed by atoms with E-state index in [1.54, 1.807) is 6.20 Å². The zero-order valence-corrected chi connectivity index (χ0v) is 14.0. The van der Waals surface area contributed by atoms with E-state index in [2.05, 4.69) is 37.5 Å². The number of nitriles is 1. The van der Waals surface area contributed by atoms with Gasteiger partial charge in [-0.3, -0.25) is 5.10 Å². The summed E-state index contributed by atoms with van der Waals surface area (Å²) in [5.74, 6) is 5.00. The fourth-order valence-electron chi connectivity index (χ4n) is 2.71. The summed E-state index contributed by atoms with van der Waals surface area (Å²) in [7, 11) is 0. The molecule has 4 rings (SSSR count). The lowest BCUT2D eigenvalue weighted by atomic mass is 10.1. The molecule has 6 nitrogen and oxygen atoms in total. The molecule has 0 unspecified atom stereocenters. The first-order chi connectivity index (χ1) is 12.8. The number of H-pyrrole nitrogens is 1. The number of nitrogens with zero attached hydrogens (tertiary/aromatic N) is 4. The van der Waals surface area contributed by atoms with Crippen LogP contribution in [0.5, 0.6) is 0 Å². The molecule has 0 saturated heterocycles. The fourth-order valence-corrected chi connectivity index (χ4v) is 2.71. The van der Waals surface area contributed by atoms with E-state index < -0.39 is 0 Å². The van der Waals surface area contributed by atoms with Crippen molar-refractivity contribution < 1.29 is 1.43 Å². The van der Waals surface area contributed by atoms with Crippen LogP contribution in [0.4, 0.5) is 11.6 Å². The Morgan fingerprint density at radius 3 is 2.81 bits per heavy atom. The van der Waals surface area contributed by atoms with Gasteiger partial charge in [0, 0.05) is 30.9 Å². The average Bonchev–Trinajstić information content (AvgIpc) is 3.42. The summed E-state index contributed by atoms with van der Waals surface area (Å²) in [4.78, 5) is 8.93. The molecule has 6 heteroatoms. The Morgan fingerprint density at radius 2 is 2.12 bits per heavy atom. The molecule has 1 saturated carbocycles. The van der Waals surface area contributed by atoms with Crippen LogP contribution >= 0.6 is 0 Å². The van der Waals surface area contributed by atoms with Crippen molar-refractivity contribution in [3.8, 4) is 29.8 Å². The monoisotopic (exact) mass is 342 g/mol. The summed E-state index contributed by atoms with van der Waals surface area (Å²) in [5.41, 5.74) is 3.53. The number of rotatable bonds is 5. The molecular formula is C20H18N6. The van der Waals surface area contributed by atoms with Crippen molar-refractivity contribution >= 4 is 11.6 Å². The van der Waals surface area contributed by atoms with E-state index in [0.717, 1.165) is 16.8 Å². The van der Waals surface area contributed by atoms with Crippen molar-refractivity contribution in [2.24, 2.45) is 0 Å². The number of hydrogen-bond donors (Lipinski definition) is 2. The van der Waals surface area contributed by atoms with Crippen LogP contribution in [0.25, 0.3) is 11.4 Å². The first-order valence-electron chi connectivity index (χ1n) is 8.39. The van der Waals surface area contributed by atoms with Crippen LogP contribution in [0.3, 0.4) is 0 Å². The lowest BCUT2D eigenvalue weighted by Gasteiger charge is -2.08. The van der Waals surface area contributed by atoms with Crippen molar-refractivity contribution in [1.82, 2.24) is 20.2 Å². The number of aromatic amines is 1. The van der Waals surface area contributed by atoms with Gasteiger partial charge in [0.1, 0.15) is 0 Å². The molecule has 1 aliphatic rings. The minimum atomic E-state index is 0. The van der Waals surface area contributed by atoms with Gasteiger partial charge in [0.2, 0.25) is 0 Å². The van der Waals surface area contributed by atoms with Crippen molar-refractivity contribution in [1.29, 1.82) is 5.26 Å². The number of anilines is 2. The molecule has 0 spiro atoms. The summed E-state index contributed by atoms with van der Waals surface area (Å²) in [6, 6.07) is 11.7. The smallest absolute Gasteiger partial charge is 0.161 e. The van der Waals surface area contributed by atoms with Gasteiger partial charge in [0.25, 0.3) is 0 Å². The molecule has 128 valence electrons. The molecule has 26 heavy (non-hydrogen) atoms. The quantitative estimate of drug-likeness (QED) is 0.689. The van der Waals surface area contributed by atoms with Gasteiger partial charge in [-0.05, 0) is 18.4 Å². The molecule has 0 amide bonds. The van der Waals surface area contributed by atoms with E-state index in [9.17, 15) is 0 Å². The summed E-state index contributed by atoms with van der Waals surface area (Å²) in [5, 5.41) is 19.3. The summed E-state index contributed by atoms with van der Waals surface area (Å²) < 4.78 is 0. The van der Waals surface area contributed by atoms with Crippen molar-refractivity contribution in [2.45, 2.75) is 25.2 Å². The van der Waals surface area contributed by atoms with Crippen LogP contribution < -0.4 is 5.32 Å². The van der Waals surface area contributed by atoms with Crippen LogP contribution in [-0.2, 0) is 6.42 Å². The predicted molar refractivity (Wildman–Crippen MR) is 101 cm³/mol. The molecule has 0 atom stereocenters. The highest BCUT2D eigenvalue weighted by molar-refractivity contribution is 5.65. The summed E-state index contributed by atoms with van der Waals surface area (Å²) >= 11 is 0. The molecule has 1 aromatic carbocycles. The second-order valence-electron chi connectivity index (χ2n) is 6.24. The number of hydrogen-bond acceptors (Lipinski definition) is 5. The van der Waals surface area contributed by atoms with Crippen molar-refractivity contribution in [3.63, 3.8) is 0 Å². The summed E-state index contributed by atoms with van der Waals surface area (Å²) in [6.07, 6.45) is 10.00. The molecule has 0 radical (unpaired) electrons. The number of terminal acetylenes is 1. The summed E-state index contributed by atoms with van der Waals surface area (Å²) in [6.45, 7) is 0. The van der Waals surface area contributed by atoms with E-state index in [1.165, 1.54) is 12.8 Å². The molecule has 2 heterocycles. The maximum absolute atomic E-state index is 8.77. The van der Waals surface area contributed by atoms with Crippen molar-refractivity contribution in [2.75, 3.05) is 5.32 Å². The number of nitrogens with one attached hydrogen (secondary N) is 2. The highest BCUT2D eigenvalue weighted by Crippen LogP contribution is 2.39. The molecule has 0 bridgehead atoms. The second kappa shape index (κ2) is 6.70. The third kappa shape index (κ3) is 3.26. The van der Waals surface area contributed by atoms with Gasteiger partial charge in [0.05, 0.1) is 18.1 Å². The average molecular weight is 342 g/mol. The van der Waals surface area contributed by atoms with Crippen LogP contribution in [0.2, 0.25) is 0 Å². The highest BCUT2D eigenvalue weighted by atomic mass is 15.2. The minimum absolute atomic E-state index is 0. The van der Waals surface area contributed by atoms with E-state index in [1.807, 2.05) is 30.3 Å². The van der Waals surface area contributed by atoms with Gasteiger partial charge in [-0.1, -0.05) is 30.2 Å². The third-order valence-corrected chi connectivity index (χ3v) is 4.30. The number of benzene rings is 1. The molecule has 1 fully saturated rings. The van der Waals surface area contributed by atoms with Crippen LogP contribution in [0.15, 0.2) is 36.5 Å². The van der Waals surface area contributed by atoms with Crippen LogP contribution in [0, 0.1) is 23.7 Å². The molecule has 2 aromatic heterocycles. The van der Waals surface area contributed by atoms with Crippen LogP contribution in [-0.4, -0.2) is 20.2 Å². The zero-order chi connectivity index (χ0) is 17.9. The molecule has 0 aliphatic heterocycles. The Labute approximate surface area is 152 Å². The highest BCUT2D eigenvalue weighted by Gasteiger charge is 2.25. The predicted octanol–water partition coefficient (Wildman–Crippen LogP) is 3.78. The van der Waals surface area contributed by atoms with E-state index in [0.29, 0.717) is 35.4 Å². The third-order valence-electron chi connectivity index (χ3n) is 4.30. The van der Waals surface area contributed by atoms with Gasteiger partial charge in [0.15, 0.2) is 17.5 Å². The lowest BCUT2D eigenvalue weighted by molar-refractivity contribution is 0.966. The standard InChI is InChI=1S/C20H16N6.H2/c1-2-14-12-22-19(16-5-3-13(4-6-16)9-10-21)24-20(14)23-18-11-17(25-26-18)15-7-8-15;/h1,3-6,11-12,15H,7-9H2,(H2,22,23,24,25,26);1H. The SMILES string of the molecule is C#Cc1cnc(-c2ccc(CC#N)cc2)nc1Nc1cc(C2CC2)[nH]n1.[HH]. The van der Waals surface area contributed by atoms with Gasteiger partial charge in [-0.15, -0.1) is 6.42 Å². The second-order valence-corrected chi connectivity index (χ2v) is 6.24.